The molecule has 0 atom stereocenters. The van der Waals surface area contributed by atoms with Crippen LogP contribution in [0.25, 0.3) is 0 Å². The molecule has 1 aliphatic rings. The first kappa shape index (κ1) is 12.6. The first-order valence-corrected chi connectivity index (χ1v) is 5.76. The van der Waals surface area contributed by atoms with E-state index in [0.29, 0.717) is 5.02 Å². The van der Waals surface area contributed by atoms with Crippen molar-refractivity contribution in [2.45, 2.75) is 13.3 Å². The van der Waals surface area contributed by atoms with E-state index in [1.54, 1.807) is 12.1 Å². The normalized spacial score (nSPS) is 16.4. The van der Waals surface area contributed by atoms with E-state index in [1.807, 2.05) is 13.0 Å². The maximum Gasteiger partial charge on any atom is 0.328 e. The molecule has 0 unspecified atom stereocenters. The largest absolute Gasteiger partial charge is 0.328 e. The van der Waals surface area contributed by atoms with Gasteiger partial charge in [0.1, 0.15) is 5.92 Å². The lowest BCUT2D eigenvalue weighted by atomic mass is 9.94. The summed E-state index contributed by atoms with van der Waals surface area (Å²) in [7, 11) is 0. The fourth-order valence-electron chi connectivity index (χ4n) is 1.86. The molecular formula is C12H11ClN2O3. The van der Waals surface area contributed by atoms with Crippen molar-refractivity contribution >= 4 is 29.4 Å². The molecule has 18 heavy (non-hydrogen) atoms. The lowest BCUT2D eigenvalue weighted by Gasteiger charge is -2.21. The zero-order valence-electron chi connectivity index (χ0n) is 9.62. The quantitative estimate of drug-likeness (QED) is 0.789. The SMILES string of the molecule is Cc1cccc(Cl)c1CC1C(=O)NC(=O)NC1=O. The molecule has 0 spiro atoms. The number of carbonyl (C=O) groups excluding carboxylic acids is 3. The van der Waals surface area contributed by atoms with Crippen molar-refractivity contribution in [2.24, 2.45) is 5.92 Å². The number of imide groups is 2. The molecule has 1 aliphatic heterocycles. The highest BCUT2D eigenvalue weighted by Crippen LogP contribution is 2.23. The summed E-state index contributed by atoms with van der Waals surface area (Å²) in [5, 5.41) is 4.64. The van der Waals surface area contributed by atoms with Crippen molar-refractivity contribution in [1.29, 1.82) is 0 Å². The van der Waals surface area contributed by atoms with Crippen LogP contribution >= 0.6 is 11.6 Å². The molecule has 94 valence electrons. The van der Waals surface area contributed by atoms with Gasteiger partial charge in [0.05, 0.1) is 0 Å². The minimum atomic E-state index is -0.929. The Kier molecular flexibility index (Phi) is 3.34. The Labute approximate surface area is 109 Å². The summed E-state index contributed by atoms with van der Waals surface area (Å²) in [6.07, 6.45) is 0.177. The fraction of sp³-hybridized carbons (Fsp3) is 0.250. The number of amides is 4. The third-order valence-electron chi connectivity index (χ3n) is 2.87. The number of carbonyl (C=O) groups is 3. The Balaban J connectivity index is 2.26. The molecule has 0 saturated carbocycles. The monoisotopic (exact) mass is 266 g/mol. The predicted molar refractivity (Wildman–Crippen MR) is 65.1 cm³/mol. The second-order valence-corrected chi connectivity index (χ2v) is 4.51. The molecule has 4 amide bonds. The highest BCUT2D eigenvalue weighted by molar-refractivity contribution is 6.31. The van der Waals surface area contributed by atoms with Gasteiger partial charge in [-0.05, 0) is 30.5 Å². The topological polar surface area (TPSA) is 75.3 Å². The number of aryl methyl sites for hydroxylation is 1. The third kappa shape index (κ3) is 2.36. The Morgan fingerprint density at radius 3 is 2.33 bits per heavy atom. The summed E-state index contributed by atoms with van der Waals surface area (Å²) >= 11 is 6.04. The van der Waals surface area contributed by atoms with E-state index >= 15 is 0 Å². The molecule has 1 fully saturated rings. The standard InChI is InChI=1S/C12H11ClN2O3/c1-6-3-2-4-9(13)7(6)5-8-10(16)14-12(18)15-11(8)17/h2-4,8H,5H2,1H3,(H2,14,15,16,17,18). The first-order valence-electron chi connectivity index (χ1n) is 5.38. The number of rotatable bonds is 2. The van der Waals surface area contributed by atoms with Gasteiger partial charge in [-0.1, -0.05) is 23.7 Å². The molecular weight excluding hydrogens is 256 g/mol. The maximum absolute atomic E-state index is 11.6. The van der Waals surface area contributed by atoms with Gasteiger partial charge in [-0.2, -0.15) is 0 Å². The predicted octanol–water partition coefficient (Wildman–Crippen LogP) is 1.17. The maximum atomic E-state index is 11.6. The Bertz CT molecular complexity index is 502. The molecule has 1 heterocycles. The zero-order valence-corrected chi connectivity index (χ0v) is 10.4. The smallest absolute Gasteiger partial charge is 0.277 e. The van der Waals surface area contributed by atoms with Crippen LogP contribution < -0.4 is 10.6 Å². The Hall–Kier alpha value is -1.88. The van der Waals surface area contributed by atoms with E-state index in [2.05, 4.69) is 10.6 Å². The van der Waals surface area contributed by atoms with Crippen LogP contribution in [0.5, 0.6) is 0 Å². The molecule has 2 rings (SSSR count). The van der Waals surface area contributed by atoms with E-state index in [1.165, 1.54) is 0 Å². The van der Waals surface area contributed by atoms with Crippen LogP contribution in [0.3, 0.4) is 0 Å². The molecule has 0 radical (unpaired) electrons. The van der Waals surface area contributed by atoms with Crippen LogP contribution in [-0.2, 0) is 16.0 Å². The average Bonchev–Trinajstić information content (AvgIpc) is 2.26. The van der Waals surface area contributed by atoms with Gasteiger partial charge in [0.15, 0.2) is 0 Å². The lowest BCUT2D eigenvalue weighted by molar-refractivity contribution is -0.135. The fourth-order valence-corrected chi connectivity index (χ4v) is 2.16. The van der Waals surface area contributed by atoms with Crippen LogP contribution in [0.1, 0.15) is 11.1 Å². The van der Waals surface area contributed by atoms with Crippen molar-refractivity contribution in [3.8, 4) is 0 Å². The molecule has 1 aromatic rings. The summed E-state index contributed by atoms with van der Waals surface area (Å²) < 4.78 is 0. The second kappa shape index (κ2) is 4.78. The first-order chi connectivity index (χ1) is 8.49. The van der Waals surface area contributed by atoms with Crippen molar-refractivity contribution in [3.05, 3.63) is 34.3 Å². The minimum Gasteiger partial charge on any atom is -0.277 e. The summed E-state index contributed by atoms with van der Waals surface area (Å²) in [5.41, 5.74) is 1.64. The zero-order chi connectivity index (χ0) is 13.3. The molecule has 1 saturated heterocycles. The molecule has 0 bridgehead atoms. The van der Waals surface area contributed by atoms with Crippen molar-refractivity contribution in [2.75, 3.05) is 0 Å². The summed E-state index contributed by atoms with van der Waals surface area (Å²) in [6.45, 7) is 1.85. The van der Waals surface area contributed by atoms with Gasteiger partial charge in [-0.25, -0.2) is 4.79 Å². The van der Waals surface area contributed by atoms with Gasteiger partial charge in [0, 0.05) is 5.02 Å². The molecule has 0 aliphatic carbocycles. The van der Waals surface area contributed by atoms with Crippen LogP contribution in [0.2, 0.25) is 5.02 Å². The number of benzene rings is 1. The van der Waals surface area contributed by atoms with Crippen molar-refractivity contribution < 1.29 is 14.4 Å². The van der Waals surface area contributed by atoms with Crippen LogP contribution in [0.4, 0.5) is 4.79 Å². The number of barbiturate groups is 1. The number of hydrogen-bond donors (Lipinski definition) is 2. The van der Waals surface area contributed by atoms with E-state index in [4.69, 9.17) is 11.6 Å². The highest BCUT2D eigenvalue weighted by Gasteiger charge is 2.34. The van der Waals surface area contributed by atoms with Gasteiger partial charge in [-0.3, -0.25) is 20.2 Å². The molecule has 6 heteroatoms. The number of urea groups is 1. The highest BCUT2D eigenvalue weighted by atomic mass is 35.5. The Morgan fingerprint density at radius 1 is 1.17 bits per heavy atom. The third-order valence-corrected chi connectivity index (χ3v) is 3.22. The van der Waals surface area contributed by atoms with Gasteiger partial charge < -0.3 is 0 Å². The second-order valence-electron chi connectivity index (χ2n) is 4.10. The number of halogens is 1. The lowest BCUT2D eigenvalue weighted by Crippen LogP contribution is -2.56. The Morgan fingerprint density at radius 2 is 1.78 bits per heavy atom. The van der Waals surface area contributed by atoms with Gasteiger partial charge in [0.25, 0.3) is 0 Å². The summed E-state index contributed by atoms with van der Waals surface area (Å²) in [5.74, 6) is -2.12. The van der Waals surface area contributed by atoms with Gasteiger partial charge >= 0.3 is 6.03 Å². The van der Waals surface area contributed by atoms with Crippen LogP contribution in [-0.4, -0.2) is 17.8 Å². The van der Waals surface area contributed by atoms with Gasteiger partial charge in [-0.15, -0.1) is 0 Å². The van der Waals surface area contributed by atoms with Crippen molar-refractivity contribution in [3.63, 3.8) is 0 Å². The molecule has 5 nitrogen and oxygen atoms in total. The van der Waals surface area contributed by atoms with Crippen LogP contribution in [0, 0.1) is 12.8 Å². The molecule has 2 N–H and O–H groups in total. The number of hydrogen-bond acceptors (Lipinski definition) is 3. The van der Waals surface area contributed by atoms with Crippen LogP contribution in [0.15, 0.2) is 18.2 Å². The van der Waals surface area contributed by atoms with Crippen molar-refractivity contribution in [1.82, 2.24) is 10.6 Å². The van der Waals surface area contributed by atoms with Gasteiger partial charge in [0.2, 0.25) is 11.8 Å². The summed E-state index contributed by atoms with van der Waals surface area (Å²) in [4.78, 5) is 34.1. The molecule has 0 aromatic heterocycles. The minimum absolute atomic E-state index is 0.177. The number of nitrogens with one attached hydrogen (secondary N) is 2. The average molecular weight is 267 g/mol. The molecule has 1 aromatic carbocycles. The summed E-state index contributed by atoms with van der Waals surface area (Å²) in [6, 6.07) is 4.57. The van der Waals surface area contributed by atoms with E-state index < -0.39 is 23.8 Å². The van der Waals surface area contributed by atoms with E-state index in [9.17, 15) is 14.4 Å². The van der Waals surface area contributed by atoms with E-state index in [-0.39, 0.29) is 6.42 Å². The van der Waals surface area contributed by atoms with E-state index in [0.717, 1.165) is 11.1 Å².